The molecule has 2 rings (SSSR count). The van der Waals surface area contributed by atoms with Gasteiger partial charge in [-0.1, -0.05) is 17.7 Å². The SMILES string of the molecule is Cc1ccc(S(=O)(=O)NCCCn2cc(Cl)c(C)n2)cc1C. The van der Waals surface area contributed by atoms with Crippen LogP contribution in [0, 0.1) is 20.8 Å². The smallest absolute Gasteiger partial charge is 0.240 e. The molecule has 120 valence electrons. The Kier molecular flexibility index (Phi) is 5.26. The Morgan fingerprint density at radius 2 is 1.95 bits per heavy atom. The molecule has 0 spiro atoms. The molecular formula is C15H20ClN3O2S. The molecule has 0 aliphatic rings. The van der Waals surface area contributed by atoms with Crippen LogP contribution >= 0.6 is 11.6 Å². The van der Waals surface area contributed by atoms with Gasteiger partial charge in [-0.2, -0.15) is 5.10 Å². The van der Waals surface area contributed by atoms with Crippen molar-refractivity contribution in [1.82, 2.24) is 14.5 Å². The summed E-state index contributed by atoms with van der Waals surface area (Å²) in [4.78, 5) is 0.300. The average Bonchev–Trinajstić information content (AvgIpc) is 2.77. The van der Waals surface area contributed by atoms with Crippen molar-refractivity contribution in [1.29, 1.82) is 0 Å². The van der Waals surface area contributed by atoms with Crippen molar-refractivity contribution in [2.24, 2.45) is 0 Å². The zero-order valence-corrected chi connectivity index (χ0v) is 14.5. The normalized spacial score (nSPS) is 11.8. The van der Waals surface area contributed by atoms with Crippen molar-refractivity contribution < 1.29 is 8.42 Å². The lowest BCUT2D eigenvalue weighted by atomic mass is 10.1. The number of nitrogens with zero attached hydrogens (tertiary/aromatic N) is 2. The molecule has 22 heavy (non-hydrogen) atoms. The van der Waals surface area contributed by atoms with Gasteiger partial charge in [0.25, 0.3) is 0 Å². The van der Waals surface area contributed by atoms with Crippen LogP contribution < -0.4 is 4.72 Å². The van der Waals surface area contributed by atoms with E-state index in [-0.39, 0.29) is 0 Å². The Bertz CT molecular complexity index is 750. The van der Waals surface area contributed by atoms with E-state index in [1.807, 2.05) is 26.8 Å². The van der Waals surface area contributed by atoms with Crippen molar-refractivity contribution in [2.75, 3.05) is 6.54 Å². The summed E-state index contributed by atoms with van der Waals surface area (Å²) in [6.45, 7) is 6.66. The van der Waals surface area contributed by atoms with Gasteiger partial charge in [-0.3, -0.25) is 4.68 Å². The maximum Gasteiger partial charge on any atom is 0.240 e. The number of hydrogen-bond donors (Lipinski definition) is 1. The summed E-state index contributed by atoms with van der Waals surface area (Å²) in [6, 6.07) is 5.13. The van der Waals surface area contributed by atoms with E-state index in [0.29, 0.717) is 29.4 Å². The number of aryl methyl sites for hydroxylation is 4. The van der Waals surface area contributed by atoms with Gasteiger partial charge in [0, 0.05) is 19.3 Å². The van der Waals surface area contributed by atoms with Gasteiger partial charge in [0.1, 0.15) is 0 Å². The van der Waals surface area contributed by atoms with Crippen LogP contribution in [0.5, 0.6) is 0 Å². The van der Waals surface area contributed by atoms with Crippen LogP contribution in [0.4, 0.5) is 0 Å². The topological polar surface area (TPSA) is 64.0 Å². The highest BCUT2D eigenvalue weighted by Gasteiger charge is 2.13. The first-order valence-electron chi connectivity index (χ1n) is 7.06. The highest BCUT2D eigenvalue weighted by Crippen LogP contribution is 2.15. The van der Waals surface area contributed by atoms with E-state index in [4.69, 9.17) is 11.6 Å². The number of benzene rings is 1. The number of aromatic nitrogens is 2. The fourth-order valence-electron chi connectivity index (χ4n) is 2.02. The largest absolute Gasteiger partial charge is 0.271 e. The van der Waals surface area contributed by atoms with Gasteiger partial charge >= 0.3 is 0 Å². The fraction of sp³-hybridized carbons (Fsp3) is 0.400. The molecule has 0 fully saturated rings. The maximum atomic E-state index is 12.2. The lowest BCUT2D eigenvalue weighted by molar-refractivity contribution is 0.551. The van der Waals surface area contributed by atoms with Crippen molar-refractivity contribution in [3.8, 4) is 0 Å². The van der Waals surface area contributed by atoms with E-state index in [2.05, 4.69) is 9.82 Å². The van der Waals surface area contributed by atoms with Crippen molar-refractivity contribution >= 4 is 21.6 Å². The van der Waals surface area contributed by atoms with E-state index >= 15 is 0 Å². The quantitative estimate of drug-likeness (QED) is 0.822. The fourth-order valence-corrected chi connectivity index (χ4v) is 3.33. The minimum absolute atomic E-state index is 0.300. The van der Waals surface area contributed by atoms with Gasteiger partial charge in [-0.25, -0.2) is 13.1 Å². The van der Waals surface area contributed by atoms with E-state index in [9.17, 15) is 8.42 Å². The van der Waals surface area contributed by atoms with Crippen LogP contribution in [0.25, 0.3) is 0 Å². The molecule has 5 nitrogen and oxygen atoms in total. The first-order chi connectivity index (χ1) is 10.3. The van der Waals surface area contributed by atoms with Gasteiger partial charge in [0.15, 0.2) is 0 Å². The lowest BCUT2D eigenvalue weighted by Gasteiger charge is -2.08. The average molecular weight is 342 g/mol. The number of halogens is 1. The number of nitrogens with one attached hydrogen (secondary N) is 1. The highest BCUT2D eigenvalue weighted by atomic mass is 35.5. The Hall–Kier alpha value is -1.37. The summed E-state index contributed by atoms with van der Waals surface area (Å²) < 4.78 is 28.8. The third-order valence-corrected chi connectivity index (χ3v) is 5.36. The summed E-state index contributed by atoms with van der Waals surface area (Å²) in [5.74, 6) is 0. The molecule has 2 aromatic rings. The molecule has 1 heterocycles. The molecule has 0 aliphatic heterocycles. The first-order valence-corrected chi connectivity index (χ1v) is 8.92. The van der Waals surface area contributed by atoms with Gasteiger partial charge in [0.05, 0.1) is 15.6 Å². The number of hydrogen-bond acceptors (Lipinski definition) is 3. The third kappa shape index (κ3) is 4.09. The molecule has 0 unspecified atom stereocenters. The standard InChI is InChI=1S/C15H20ClN3O2S/c1-11-5-6-14(9-12(11)2)22(20,21)17-7-4-8-19-10-15(16)13(3)18-19/h5-6,9-10,17H,4,7-8H2,1-3H3. The Labute approximate surface area is 136 Å². The summed E-state index contributed by atoms with van der Waals surface area (Å²) >= 11 is 5.93. The van der Waals surface area contributed by atoms with Gasteiger partial charge in [-0.05, 0) is 50.5 Å². The minimum Gasteiger partial charge on any atom is -0.271 e. The zero-order valence-electron chi connectivity index (χ0n) is 12.9. The Morgan fingerprint density at radius 3 is 2.55 bits per heavy atom. The second-order valence-corrected chi connectivity index (χ2v) is 7.50. The zero-order chi connectivity index (χ0) is 16.3. The van der Waals surface area contributed by atoms with Crippen molar-refractivity contribution in [2.45, 2.75) is 38.6 Å². The van der Waals surface area contributed by atoms with E-state index in [1.54, 1.807) is 23.0 Å². The predicted molar refractivity (Wildman–Crippen MR) is 87.7 cm³/mol. The van der Waals surface area contributed by atoms with Crippen LogP contribution in [0.2, 0.25) is 5.02 Å². The van der Waals surface area contributed by atoms with E-state index in [1.165, 1.54) is 0 Å². The third-order valence-electron chi connectivity index (χ3n) is 3.53. The molecule has 0 saturated heterocycles. The van der Waals surface area contributed by atoms with Gasteiger partial charge < -0.3 is 0 Å². The molecule has 0 bridgehead atoms. The van der Waals surface area contributed by atoms with Crippen molar-refractivity contribution in [3.63, 3.8) is 0 Å². The lowest BCUT2D eigenvalue weighted by Crippen LogP contribution is -2.25. The summed E-state index contributed by atoms with van der Waals surface area (Å²) in [6.07, 6.45) is 2.39. The molecular weight excluding hydrogens is 322 g/mol. The Balaban J connectivity index is 1.91. The van der Waals surface area contributed by atoms with Crippen molar-refractivity contribution in [3.05, 3.63) is 46.2 Å². The van der Waals surface area contributed by atoms with Crippen LogP contribution in [-0.4, -0.2) is 24.7 Å². The molecule has 0 saturated carbocycles. The Morgan fingerprint density at radius 1 is 1.23 bits per heavy atom. The number of rotatable bonds is 6. The second kappa shape index (κ2) is 6.81. The molecule has 1 N–H and O–H groups in total. The second-order valence-electron chi connectivity index (χ2n) is 5.32. The molecule has 0 aliphatic carbocycles. The maximum absolute atomic E-state index is 12.2. The monoisotopic (exact) mass is 341 g/mol. The molecule has 0 atom stereocenters. The number of sulfonamides is 1. The minimum atomic E-state index is -3.46. The van der Waals surface area contributed by atoms with Crippen LogP contribution in [0.3, 0.4) is 0 Å². The first kappa shape index (κ1) is 17.0. The van der Waals surface area contributed by atoms with Gasteiger partial charge in [0.2, 0.25) is 10.0 Å². The molecule has 0 radical (unpaired) electrons. The molecule has 1 aromatic heterocycles. The highest BCUT2D eigenvalue weighted by molar-refractivity contribution is 7.89. The summed E-state index contributed by atoms with van der Waals surface area (Å²) in [5.41, 5.74) is 2.81. The molecule has 0 amide bonds. The summed E-state index contributed by atoms with van der Waals surface area (Å²) in [5, 5.41) is 4.85. The van der Waals surface area contributed by atoms with E-state index < -0.39 is 10.0 Å². The predicted octanol–water partition coefficient (Wildman–Crippen LogP) is 2.83. The van der Waals surface area contributed by atoms with Crippen LogP contribution in [0.1, 0.15) is 23.2 Å². The molecule has 1 aromatic carbocycles. The van der Waals surface area contributed by atoms with Gasteiger partial charge in [-0.15, -0.1) is 0 Å². The van der Waals surface area contributed by atoms with Crippen LogP contribution in [-0.2, 0) is 16.6 Å². The van der Waals surface area contributed by atoms with E-state index in [0.717, 1.165) is 16.8 Å². The van der Waals surface area contributed by atoms with Crippen LogP contribution in [0.15, 0.2) is 29.3 Å². The molecule has 7 heteroatoms. The summed E-state index contributed by atoms with van der Waals surface area (Å²) in [7, 11) is -3.46.